The fraction of sp³-hybridized carbons (Fsp3) is 0.208. The van der Waals surface area contributed by atoms with Crippen molar-refractivity contribution in [2.75, 3.05) is 20.0 Å². The molecule has 0 bridgehead atoms. The van der Waals surface area contributed by atoms with Crippen LogP contribution in [0.5, 0.6) is 17.2 Å². The van der Waals surface area contributed by atoms with Crippen LogP contribution in [-0.2, 0) is 20.9 Å². The number of rotatable bonds is 6. The Hall–Kier alpha value is -3.85. The van der Waals surface area contributed by atoms with Gasteiger partial charge in [-0.05, 0) is 29.8 Å². The molecule has 3 aromatic carbocycles. The Balaban J connectivity index is 1.43. The van der Waals surface area contributed by atoms with Crippen molar-refractivity contribution in [3.63, 3.8) is 0 Å². The van der Waals surface area contributed by atoms with Gasteiger partial charge in [0.1, 0.15) is 12.3 Å². The highest BCUT2D eigenvalue weighted by atomic mass is 32.1. The Bertz CT molecular complexity index is 1440. The van der Waals surface area contributed by atoms with E-state index in [1.165, 1.54) is 11.3 Å². The van der Waals surface area contributed by atoms with Gasteiger partial charge < -0.3 is 23.5 Å². The summed E-state index contributed by atoms with van der Waals surface area (Å²) >= 11 is 1.28. The van der Waals surface area contributed by atoms with Gasteiger partial charge in [-0.3, -0.25) is 9.59 Å². The minimum atomic E-state index is -0.465. The first kappa shape index (κ1) is 21.0. The van der Waals surface area contributed by atoms with Gasteiger partial charge in [0.25, 0.3) is 5.91 Å². The number of esters is 1. The fourth-order valence-electron chi connectivity index (χ4n) is 3.57. The molecule has 0 unspecified atom stereocenters. The monoisotopic (exact) mass is 464 g/mol. The van der Waals surface area contributed by atoms with E-state index in [1.807, 2.05) is 48.5 Å². The van der Waals surface area contributed by atoms with Crippen LogP contribution < -0.4 is 19.0 Å². The van der Waals surface area contributed by atoms with Crippen LogP contribution in [0, 0.1) is 0 Å². The summed E-state index contributed by atoms with van der Waals surface area (Å²) in [4.78, 5) is 29.4. The first-order valence-electron chi connectivity index (χ1n) is 10.4. The second-order valence-corrected chi connectivity index (χ2v) is 8.26. The number of carbonyl (C=O) groups excluding carboxylic acids is 2. The predicted molar refractivity (Wildman–Crippen MR) is 123 cm³/mol. The third-order valence-corrected chi connectivity index (χ3v) is 6.11. The van der Waals surface area contributed by atoms with E-state index in [9.17, 15) is 9.59 Å². The highest BCUT2D eigenvalue weighted by molar-refractivity contribution is 7.16. The molecular weight excluding hydrogens is 444 g/mol. The van der Waals surface area contributed by atoms with Crippen LogP contribution in [-0.4, -0.2) is 36.5 Å². The Morgan fingerprint density at radius 1 is 1.06 bits per heavy atom. The first-order chi connectivity index (χ1) is 16.1. The van der Waals surface area contributed by atoms with Crippen molar-refractivity contribution in [2.24, 2.45) is 4.99 Å². The standard InChI is InChI=1S/C24H20N2O6S/c1-2-29-23(28)12-26-18-10-19-20(32-14-31-19)11-21(18)33-24(26)25-22(27)13-30-17-8-7-15-5-3-4-6-16(15)9-17/h3-11H,2,12-14H2,1H3. The normalized spacial score (nSPS) is 12.9. The van der Waals surface area contributed by atoms with Gasteiger partial charge in [0.2, 0.25) is 6.79 Å². The zero-order chi connectivity index (χ0) is 22.8. The van der Waals surface area contributed by atoms with Crippen molar-refractivity contribution in [3.05, 3.63) is 59.4 Å². The van der Waals surface area contributed by atoms with Gasteiger partial charge in [-0.15, -0.1) is 0 Å². The molecule has 0 saturated heterocycles. The lowest BCUT2D eigenvalue weighted by molar-refractivity contribution is -0.143. The quantitative estimate of drug-likeness (QED) is 0.405. The lowest BCUT2D eigenvalue weighted by atomic mass is 10.1. The number of carbonyl (C=O) groups is 2. The van der Waals surface area contributed by atoms with E-state index in [0.717, 1.165) is 15.5 Å². The minimum Gasteiger partial charge on any atom is -0.484 e. The van der Waals surface area contributed by atoms with E-state index >= 15 is 0 Å². The van der Waals surface area contributed by atoms with E-state index in [-0.39, 0.29) is 26.6 Å². The number of ether oxygens (including phenoxy) is 4. The molecule has 0 saturated carbocycles. The molecule has 0 fully saturated rings. The summed E-state index contributed by atoms with van der Waals surface area (Å²) in [5.74, 6) is 0.891. The second-order valence-electron chi connectivity index (χ2n) is 7.25. The lowest BCUT2D eigenvalue weighted by Crippen LogP contribution is -2.24. The molecule has 1 aromatic heterocycles. The van der Waals surface area contributed by atoms with Crippen molar-refractivity contribution in [1.82, 2.24) is 4.57 Å². The minimum absolute atomic E-state index is 0.0782. The number of thiazole rings is 1. The highest BCUT2D eigenvalue weighted by Gasteiger charge is 2.19. The Morgan fingerprint density at radius 2 is 1.85 bits per heavy atom. The van der Waals surface area contributed by atoms with Gasteiger partial charge in [0, 0.05) is 12.1 Å². The summed E-state index contributed by atoms with van der Waals surface area (Å²) in [6, 6.07) is 17.1. The Kier molecular flexibility index (Phi) is 5.70. The molecular formula is C24H20N2O6S. The van der Waals surface area contributed by atoms with Crippen LogP contribution in [0.25, 0.3) is 21.0 Å². The number of nitrogens with zero attached hydrogens (tertiary/aromatic N) is 2. The van der Waals surface area contributed by atoms with Crippen LogP contribution in [0.4, 0.5) is 0 Å². The predicted octanol–water partition coefficient (Wildman–Crippen LogP) is 3.65. The molecule has 33 heavy (non-hydrogen) atoms. The van der Waals surface area contributed by atoms with Gasteiger partial charge in [-0.2, -0.15) is 4.99 Å². The van der Waals surface area contributed by atoms with Crippen LogP contribution >= 0.6 is 11.3 Å². The van der Waals surface area contributed by atoms with Gasteiger partial charge >= 0.3 is 5.97 Å². The van der Waals surface area contributed by atoms with Crippen LogP contribution in [0.3, 0.4) is 0 Å². The maximum Gasteiger partial charge on any atom is 0.326 e. The van der Waals surface area contributed by atoms with Gasteiger partial charge in [0.05, 0.1) is 16.8 Å². The number of hydrogen-bond donors (Lipinski definition) is 0. The molecule has 4 aromatic rings. The number of aromatic nitrogens is 1. The van der Waals surface area contributed by atoms with Crippen molar-refractivity contribution in [3.8, 4) is 17.2 Å². The van der Waals surface area contributed by atoms with Crippen molar-refractivity contribution in [1.29, 1.82) is 0 Å². The fourth-order valence-corrected chi connectivity index (χ4v) is 4.63. The van der Waals surface area contributed by atoms with Crippen LogP contribution in [0.2, 0.25) is 0 Å². The van der Waals surface area contributed by atoms with E-state index in [1.54, 1.807) is 17.6 Å². The van der Waals surface area contributed by atoms with Crippen LogP contribution in [0.15, 0.2) is 59.6 Å². The Morgan fingerprint density at radius 3 is 2.67 bits per heavy atom. The average Bonchev–Trinajstić information content (AvgIpc) is 3.40. The largest absolute Gasteiger partial charge is 0.484 e. The van der Waals surface area contributed by atoms with Gasteiger partial charge in [-0.25, -0.2) is 0 Å². The maximum absolute atomic E-state index is 12.6. The van der Waals surface area contributed by atoms with E-state index < -0.39 is 11.9 Å². The molecule has 0 atom stereocenters. The molecule has 0 spiro atoms. The molecule has 5 rings (SSSR count). The molecule has 168 valence electrons. The number of benzene rings is 3. The third kappa shape index (κ3) is 4.40. The average molecular weight is 464 g/mol. The molecule has 0 aliphatic carbocycles. The second kappa shape index (κ2) is 8.95. The summed E-state index contributed by atoms with van der Waals surface area (Å²) in [5, 5.41) is 2.11. The molecule has 2 heterocycles. The molecule has 1 aliphatic rings. The molecule has 0 N–H and O–H groups in total. The van der Waals surface area contributed by atoms with Crippen molar-refractivity contribution in [2.45, 2.75) is 13.5 Å². The molecule has 1 amide bonds. The molecule has 9 heteroatoms. The van der Waals surface area contributed by atoms with E-state index in [4.69, 9.17) is 18.9 Å². The maximum atomic E-state index is 12.6. The lowest BCUT2D eigenvalue weighted by Gasteiger charge is -2.06. The molecule has 8 nitrogen and oxygen atoms in total. The van der Waals surface area contributed by atoms with Crippen molar-refractivity contribution < 1.29 is 28.5 Å². The topological polar surface area (TPSA) is 88.4 Å². The first-order valence-corrected chi connectivity index (χ1v) is 11.2. The SMILES string of the molecule is CCOC(=O)Cn1c(=NC(=O)COc2ccc3ccccc3c2)sc2cc3c(cc21)OCO3. The third-order valence-electron chi connectivity index (χ3n) is 5.07. The zero-order valence-electron chi connectivity index (χ0n) is 17.8. The van der Waals surface area contributed by atoms with Crippen molar-refractivity contribution >= 4 is 44.2 Å². The summed E-state index contributed by atoms with van der Waals surface area (Å²) in [5.41, 5.74) is 0.708. The number of hydrogen-bond acceptors (Lipinski definition) is 7. The van der Waals surface area contributed by atoms with Crippen LogP contribution in [0.1, 0.15) is 6.92 Å². The molecule has 1 aliphatic heterocycles. The Labute approximate surface area is 192 Å². The summed E-state index contributed by atoms with van der Waals surface area (Å²) in [6.07, 6.45) is 0. The summed E-state index contributed by atoms with van der Waals surface area (Å²) in [7, 11) is 0. The van der Waals surface area contributed by atoms with Gasteiger partial charge in [-0.1, -0.05) is 41.7 Å². The van der Waals surface area contributed by atoms with E-state index in [0.29, 0.717) is 27.6 Å². The highest BCUT2D eigenvalue weighted by Crippen LogP contribution is 2.37. The number of fused-ring (bicyclic) bond motifs is 3. The number of amides is 1. The smallest absolute Gasteiger partial charge is 0.326 e. The van der Waals surface area contributed by atoms with Gasteiger partial charge in [0.15, 0.2) is 22.9 Å². The summed E-state index contributed by atoms with van der Waals surface area (Å²) in [6.45, 7) is 1.84. The summed E-state index contributed by atoms with van der Waals surface area (Å²) < 4.78 is 24.1. The zero-order valence-corrected chi connectivity index (χ0v) is 18.6. The molecule has 0 radical (unpaired) electrons. The van der Waals surface area contributed by atoms with E-state index in [2.05, 4.69) is 4.99 Å².